The maximum atomic E-state index is 10.5. The number of aliphatic hydroxyl groups is 1. The van der Waals surface area contributed by atoms with Crippen LogP contribution in [0.15, 0.2) is 37.4 Å². The molecule has 1 aliphatic carbocycles. The Morgan fingerprint density at radius 2 is 2.04 bits per heavy atom. The van der Waals surface area contributed by atoms with E-state index in [-0.39, 0.29) is 23.0 Å². The number of rotatable bonds is 5. The van der Waals surface area contributed by atoms with Crippen molar-refractivity contribution in [3.8, 4) is 11.5 Å². The highest BCUT2D eigenvalue weighted by Crippen LogP contribution is 2.53. The van der Waals surface area contributed by atoms with E-state index in [1.807, 2.05) is 12.1 Å². The van der Waals surface area contributed by atoms with Crippen LogP contribution in [0.2, 0.25) is 0 Å². The normalized spacial score (nSPS) is 29.8. The smallest absolute Gasteiger partial charge is 0.127 e. The molecule has 25 heavy (non-hydrogen) atoms. The molecule has 1 aromatic carbocycles. The van der Waals surface area contributed by atoms with Crippen LogP contribution < -0.4 is 9.47 Å². The minimum absolute atomic E-state index is 0.165. The number of hydrogen-bond acceptors (Lipinski definition) is 3. The lowest BCUT2D eigenvalue weighted by Gasteiger charge is -2.55. The maximum absolute atomic E-state index is 10.5. The molecule has 0 radical (unpaired) electrons. The zero-order valence-corrected chi connectivity index (χ0v) is 15.7. The Hall–Kier alpha value is -1.74. The maximum Gasteiger partial charge on any atom is 0.127 e. The summed E-state index contributed by atoms with van der Waals surface area (Å²) in [5.74, 6) is 2.04. The first-order chi connectivity index (χ1) is 11.8. The average Bonchev–Trinajstić information content (AvgIpc) is 2.56. The molecule has 1 N–H and O–H groups in total. The topological polar surface area (TPSA) is 38.7 Å². The lowest BCUT2D eigenvalue weighted by Crippen LogP contribution is -2.58. The van der Waals surface area contributed by atoms with Crippen molar-refractivity contribution >= 4 is 0 Å². The van der Waals surface area contributed by atoms with Gasteiger partial charge < -0.3 is 14.6 Å². The van der Waals surface area contributed by atoms with E-state index in [2.05, 4.69) is 40.0 Å². The van der Waals surface area contributed by atoms with Crippen molar-refractivity contribution in [2.45, 2.75) is 58.2 Å². The van der Waals surface area contributed by atoms with E-state index in [9.17, 15) is 5.11 Å². The number of hydrogen-bond donors (Lipinski definition) is 1. The van der Waals surface area contributed by atoms with E-state index < -0.39 is 0 Å². The van der Waals surface area contributed by atoms with E-state index in [0.29, 0.717) is 6.61 Å². The molecule has 1 saturated carbocycles. The van der Waals surface area contributed by atoms with Crippen molar-refractivity contribution in [2.75, 3.05) is 6.61 Å². The van der Waals surface area contributed by atoms with Crippen LogP contribution >= 0.6 is 0 Å². The molecule has 3 nitrogen and oxygen atoms in total. The van der Waals surface area contributed by atoms with Crippen molar-refractivity contribution in [2.24, 2.45) is 11.3 Å². The molecule has 3 rings (SSSR count). The van der Waals surface area contributed by atoms with E-state index in [1.165, 1.54) is 5.56 Å². The Morgan fingerprint density at radius 1 is 1.28 bits per heavy atom. The van der Waals surface area contributed by atoms with Crippen molar-refractivity contribution in [3.05, 3.63) is 48.6 Å². The molecule has 0 bridgehead atoms. The largest absolute Gasteiger partial charge is 0.489 e. The van der Waals surface area contributed by atoms with E-state index in [0.717, 1.165) is 42.7 Å². The molecule has 1 aliphatic heterocycles. The van der Waals surface area contributed by atoms with Gasteiger partial charge in [-0.3, -0.25) is 0 Å². The lowest BCUT2D eigenvalue weighted by molar-refractivity contribution is -0.137. The Kier molecular flexibility index (Phi) is 4.72. The van der Waals surface area contributed by atoms with E-state index in [4.69, 9.17) is 9.47 Å². The van der Waals surface area contributed by atoms with Gasteiger partial charge in [-0.25, -0.2) is 0 Å². The first-order valence-electron chi connectivity index (χ1n) is 9.19. The monoisotopic (exact) mass is 342 g/mol. The summed E-state index contributed by atoms with van der Waals surface area (Å²) >= 11 is 0. The second kappa shape index (κ2) is 6.53. The van der Waals surface area contributed by atoms with Crippen LogP contribution in [0.4, 0.5) is 0 Å². The summed E-state index contributed by atoms with van der Waals surface area (Å²) in [6.07, 6.45) is 6.70. The molecular weight excluding hydrogens is 312 g/mol. The van der Waals surface area contributed by atoms with Crippen LogP contribution in [0.25, 0.3) is 0 Å². The first kappa shape index (κ1) is 18.1. The second-order valence-electron chi connectivity index (χ2n) is 8.21. The molecule has 3 atom stereocenters. The molecular formula is C22H30O3. The average molecular weight is 342 g/mol. The van der Waals surface area contributed by atoms with Crippen LogP contribution in [-0.2, 0) is 12.8 Å². The van der Waals surface area contributed by atoms with Crippen molar-refractivity contribution in [1.82, 2.24) is 0 Å². The van der Waals surface area contributed by atoms with Gasteiger partial charge in [-0.15, -0.1) is 6.58 Å². The van der Waals surface area contributed by atoms with Gasteiger partial charge in [-0.05, 0) is 55.2 Å². The van der Waals surface area contributed by atoms with Gasteiger partial charge in [0, 0.05) is 12.0 Å². The summed E-state index contributed by atoms with van der Waals surface area (Å²) in [4.78, 5) is 0. The minimum Gasteiger partial charge on any atom is -0.489 e. The third-order valence-corrected chi connectivity index (χ3v) is 6.14. The highest BCUT2D eigenvalue weighted by atomic mass is 16.5. The SMILES string of the molecule is C=CCOc1cc2c(cc1CC=C)C[C@H]1C(C)(C)[C@@H](O)CC[C@]1(C)O2. The van der Waals surface area contributed by atoms with Gasteiger partial charge in [-0.1, -0.05) is 32.6 Å². The van der Waals surface area contributed by atoms with E-state index >= 15 is 0 Å². The number of fused-ring (bicyclic) bond motifs is 2. The summed E-state index contributed by atoms with van der Waals surface area (Å²) in [5, 5.41) is 10.5. The fourth-order valence-electron chi connectivity index (χ4n) is 4.57. The second-order valence-corrected chi connectivity index (χ2v) is 8.21. The molecule has 0 amide bonds. The van der Waals surface area contributed by atoms with Crippen LogP contribution in [0, 0.1) is 11.3 Å². The third kappa shape index (κ3) is 3.10. The van der Waals surface area contributed by atoms with Gasteiger partial charge in [-0.2, -0.15) is 0 Å². The van der Waals surface area contributed by atoms with Crippen LogP contribution in [-0.4, -0.2) is 23.4 Å². The minimum atomic E-state index is -0.279. The third-order valence-electron chi connectivity index (χ3n) is 6.14. The van der Waals surface area contributed by atoms with Gasteiger partial charge in [0.05, 0.1) is 6.10 Å². The van der Waals surface area contributed by atoms with Gasteiger partial charge in [0.2, 0.25) is 0 Å². The van der Waals surface area contributed by atoms with Crippen LogP contribution in [0.3, 0.4) is 0 Å². The fraction of sp³-hybridized carbons (Fsp3) is 0.545. The molecule has 0 spiro atoms. The van der Waals surface area contributed by atoms with Crippen LogP contribution in [0.1, 0.15) is 44.7 Å². The number of benzene rings is 1. The summed E-state index contributed by atoms with van der Waals surface area (Å²) < 4.78 is 12.4. The fourth-order valence-corrected chi connectivity index (χ4v) is 4.57. The molecule has 0 saturated heterocycles. The lowest BCUT2D eigenvalue weighted by atomic mass is 9.57. The molecule has 0 unspecified atom stereocenters. The van der Waals surface area contributed by atoms with Crippen molar-refractivity contribution in [3.63, 3.8) is 0 Å². The van der Waals surface area contributed by atoms with E-state index in [1.54, 1.807) is 6.08 Å². The van der Waals surface area contributed by atoms with Gasteiger partial charge in [0.1, 0.15) is 23.7 Å². The Balaban J connectivity index is 2.01. The van der Waals surface area contributed by atoms with Crippen molar-refractivity contribution in [1.29, 1.82) is 0 Å². The molecule has 1 heterocycles. The summed E-state index contributed by atoms with van der Waals surface area (Å²) in [5.41, 5.74) is 1.91. The molecule has 136 valence electrons. The Labute approximate surface area is 151 Å². The van der Waals surface area contributed by atoms with Gasteiger partial charge >= 0.3 is 0 Å². The Bertz CT molecular complexity index is 676. The summed E-state index contributed by atoms with van der Waals surface area (Å²) in [7, 11) is 0. The number of ether oxygens (including phenoxy) is 2. The quantitative estimate of drug-likeness (QED) is 0.802. The first-order valence-corrected chi connectivity index (χ1v) is 9.19. The molecule has 0 aromatic heterocycles. The predicted molar refractivity (Wildman–Crippen MR) is 101 cm³/mol. The summed E-state index contributed by atoms with van der Waals surface area (Å²) in [6, 6.07) is 4.21. The standard InChI is InChI=1S/C22H30O3/c1-6-8-15-12-16-13-19-21(3,4)20(23)9-10-22(19,5)25-18(16)14-17(15)24-11-7-2/h6-7,12,14,19-20,23H,1-2,8-11,13H2,3-5H3/t19-,20-,22-/m0/s1. The Morgan fingerprint density at radius 3 is 2.72 bits per heavy atom. The molecule has 1 aromatic rings. The number of aliphatic hydroxyl groups excluding tert-OH is 1. The molecule has 3 heteroatoms. The predicted octanol–water partition coefficient (Wildman–Crippen LogP) is 4.47. The van der Waals surface area contributed by atoms with Crippen molar-refractivity contribution < 1.29 is 14.6 Å². The number of allylic oxidation sites excluding steroid dienone is 1. The highest BCUT2D eigenvalue weighted by molar-refractivity contribution is 5.49. The molecule has 2 aliphatic rings. The van der Waals surface area contributed by atoms with Gasteiger partial charge in [0.25, 0.3) is 0 Å². The van der Waals surface area contributed by atoms with Crippen LogP contribution in [0.5, 0.6) is 11.5 Å². The highest BCUT2D eigenvalue weighted by Gasteiger charge is 2.54. The zero-order valence-electron chi connectivity index (χ0n) is 15.7. The summed E-state index contributed by atoms with van der Waals surface area (Å²) in [6.45, 7) is 14.6. The van der Waals surface area contributed by atoms with Gasteiger partial charge in [0.15, 0.2) is 0 Å². The molecule has 1 fully saturated rings. The zero-order chi connectivity index (χ0) is 18.2.